The predicted octanol–water partition coefficient (Wildman–Crippen LogP) is 13.2. The molecule has 0 aliphatic heterocycles. The summed E-state index contributed by atoms with van der Waals surface area (Å²) < 4.78 is 3.68. The van der Waals surface area contributed by atoms with Crippen molar-refractivity contribution in [2.24, 2.45) is 0 Å². The molecule has 279 valence electrons. The number of aryl methyl sites for hydroxylation is 2. The second-order valence-electron chi connectivity index (χ2n) is 14.1. The number of nitrogens with zero attached hydrogens (tertiary/aromatic N) is 2. The topological polar surface area (TPSA) is 55.1 Å². The summed E-state index contributed by atoms with van der Waals surface area (Å²) in [4.78, 5) is 15.9. The molecular weight excluding hydrogens is 861 g/mol. The Morgan fingerprint density at radius 1 is 0.759 bits per heavy atom. The molecule has 1 radical (unpaired) electrons. The Morgan fingerprint density at radius 2 is 1.37 bits per heavy atom. The molecule has 1 N–H and O–H groups in total. The van der Waals surface area contributed by atoms with Crippen LogP contribution in [0, 0.1) is 5.38 Å². The Kier molecular flexibility index (Phi) is 14.0. The third-order valence-corrected chi connectivity index (χ3v) is 10.6. The fraction of sp³-hybridized carbons (Fsp3) is 0.250. The number of aliphatic hydroxyl groups excluding tert-OH is 1. The Bertz CT molecular complexity index is 2320. The summed E-state index contributed by atoms with van der Waals surface area (Å²) in [6.07, 6.45) is 4.30. The number of rotatable bonds is 11. The van der Waals surface area contributed by atoms with E-state index in [-0.39, 0.29) is 31.6 Å². The first-order valence-electron chi connectivity index (χ1n) is 18.8. The normalized spacial score (nSPS) is 11.5. The van der Waals surface area contributed by atoms with Gasteiger partial charge in [-0.25, -0.2) is 0 Å². The summed E-state index contributed by atoms with van der Waals surface area (Å²) in [7, 11) is 0. The first-order valence-corrected chi connectivity index (χ1v) is 19.6. The fourth-order valence-electron chi connectivity index (χ4n) is 6.70. The molecule has 2 aromatic heterocycles. The molecule has 0 aliphatic rings. The van der Waals surface area contributed by atoms with Crippen molar-refractivity contribution in [1.29, 1.82) is 0 Å². The van der Waals surface area contributed by atoms with Gasteiger partial charge < -0.3 is 9.67 Å². The molecule has 0 fully saturated rings. The minimum Gasteiger partial charge on any atom is -0.512 e. The van der Waals surface area contributed by atoms with Gasteiger partial charge in [-0.15, -0.1) is 11.5 Å². The summed E-state index contributed by atoms with van der Waals surface area (Å²) in [6, 6.07) is 41.8. The van der Waals surface area contributed by atoms with Crippen LogP contribution in [0.2, 0.25) is 0 Å². The van der Waals surface area contributed by atoms with E-state index >= 15 is 0 Å². The summed E-state index contributed by atoms with van der Waals surface area (Å²) in [5.41, 5.74) is 12.4. The van der Waals surface area contributed by atoms with Crippen molar-refractivity contribution in [3.05, 3.63) is 155 Å². The third-order valence-electron chi connectivity index (χ3n) is 9.69. The van der Waals surface area contributed by atoms with E-state index in [1.807, 2.05) is 0 Å². The van der Waals surface area contributed by atoms with Crippen molar-refractivity contribution < 1.29 is 30.0 Å². The average molecular weight is 910 g/mol. The molecule has 0 saturated heterocycles. The van der Waals surface area contributed by atoms with Gasteiger partial charge in [-0.3, -0.25) is 21.1 Å². The van der Waals surface area contributed by atoms with Gasteiger partial charge in [0.2, 0.25) is 0 Å². The molecule has 0 atom stereocenters. The van der Waals surface area contributed by atoms with Crippen molar-refractivity contribution in [2.45, 2.75) is 79.1 Å². The molecular formula is C48H49IrN2O2S-. The fourth-order valence-corrected chi connectivity index (χ4v) is 7.52. The van der Waals surface area contributed by atoms with Gasteiger partial charge in [-0.2, -0.15) is 0 Å². The molecule has 2 heterocycles. The summed E-state index contributed by atoms with van der Waals surface area (Å²) in [5, 5.41) is 13.7. The molecule has 6 heteroatoms. The maximum atomic E-state index is 10.5. The maximum absolute atomic E-state index is 10.5. The first kappa shape index (κ1) is 40.6. The molecule has 0 unspecified atom stereocenters. The Morgan fingerprint density at radius 3 is 2.00 bits per heavy atom. The van der Waals surface area contributed by atoms with Crippen LogP contribution in [0.4, 0.5) is 0 Å². The zero-order valence-electron chi connectivity index (χ0n) is 32.0. The number of fused-ring (bicyclic) bond motifs is 2. The maximum Gasteiger partial charge on any atom is 0.158 e. The Hall–Kier alpha value is -4.61. The number of carbonyl (C=O) groups is 1. The van der Waals surface area contributed by atoms with Crippen LogP contribution in [0.25, 0.3) is 49.3 Å². The van der Waals surface area contributed by atoms with Crippen LogP contribution in [0.5, 0.6) is 0 Å². The van der Waals surface area contributed by atoms with Crippen LogP contribution in [0.15, 0.2) is 127 Å². The van der Waals surface area contributed by atoms with Gasteiger partial charge in [0.05, 0.1) is 22.6 Å². The zero-order chi connectivity index (χ0) is 37.5. The number of aliphatic hydroxyl groups is 1. The van der Waals surface area contributed by atoms with Gasteiger partial charge in [0, 0.05) is 44.7 Å². The van der Waals surface area contributed by atoms with Crippen molar-refractivity contribution >= 4 is 38.2 Å². The molecule has 0 amide bonds. The van der Waals surface area contributed by atoms with Crippen molar-refractivity contribution in [3.63, 3.8) is 0 Å². The van der Waals surface area contributed by atoms with E-state index in [0.717, 1.165) is 35.3 Å². The molecule has 7 rings (SSSR count). The van der Waals surface area contributed by atoms with Gasteiger partial charge in [0.25, 0.3) is 0 Å². The molecule has 0 bridgehead atoms. The molecule has 4 nitrogen and oxygen atoms in total. The first-order chi connectivity index (χ1) is 25.7. The molecule has 0 aliphatic carbocycles. The van der Waals surface area contributed by atoms with E-state index in [0.29, 0.717) is 24.7 Å². The molecule has 54 heavy (non-hydrogen) atoms. The number of allylic oxidation sites excluding steroid dienone is 2. The Labute approximate surface area is 338 Å². The van der Waals surface area contributed by atoms with Crippen molar-refractivity contribution in [2.75, 3.05) is 0 Å². The third kappa shape index (κ3) is 9.18. The van der Waals surface area contributed by atoms with E-state index < -0.39 is 0 Å². The molecule has 0 saturated carbocycles. The average Bonchev–Trinajstić information content (AvgIpc) is 3.78. The van der Waals surface area contributed by atoms with Crippen LogP contribution in [0.1, 0.15) is 88.5 Å². The minimum absolute atomic E-state index is 0. The number of aromatic nitrogens is 2. The van der Waals surface area contributed by atoms with E-state index in [1.54, 1.807) is 25.2 Å². The van der Waals surface area contributed by atoms with E-state index in [9.17, 15) is 4.79 Å². The van der Waals surface area contributed by atoms with E-state index in [1.165, 1.54) is 55.2 Å². The van der Waals surface area contributed by atoms with Crippen LogP contribution < -0.4 is 0 Å². The minimum atomic E-state index is -0.0191. The second kappa shape index (κ2) is 18.6. The number of para-hydroxylation sites is 2. The Balaban J connectivity index is 0.000000501. The molecule has 0 spiro atoms. The van der Waals surface area contributed by atoms with Gasteiger partial charge in [-0.05, 0) is 76.8 Å². The van der Waals surface area contributed by atoms with E-state index in [4.69, 9.17) is 10.1 Å². The van der Waals surface area contributed by atoms with Gasteiger partial charge in [0.1, 0.15) is 0 Å². The second-order valence-corrected chi connectivity index (χ2v) is 15.0. The number of hydrogen-bond acceptors (Lipinski definition) is 4. The monoisotopic (exact) mass is 910 g/mol. The SMILES string of the molecule is CC(C)c1cc(-c2ccccc2)cc(C(C)C)c1-n1c(-c2[c-]sc3ccc(CCc4ccccc4)cc23)nc2ccccc21.CCC(=O)/C=C(\O)CC.[Ir]. The molecule has 7 aromatic rings. The largest absolute Gasteiger partial charge is 0.512 e. The summed E-state index contributed by atoms with van der Waals surface area (Å²) in [6.45, 7) is 12.8. The predicted molar refractivity (Wildman–Crippen MR) is 224 cm³/mol. The smallest absolute Gasteiger partial charge is 0.158 e. The summed E-state index contributed by atoms with van der Waals surface area (Å²) >= 11 is 1.69. The number of thiophene rings is 1. The van der Waals surface area contributed by atoms with Crippen LogP contribution in [-0.2, 0) is 37.7 Å². The molecule has 5 aromatic carbocycles. The number of carbonyl (C=O) groups excluding carboxylic acids is 1. The van der Waals surface area contributed by atoms with Crippen LogP contribution in [-0.4, -0.2) is 20.4 Å². The van der Waals surface area contributed by atoms with Gasteiger partial charge in [-0.1, -0.05) is 148 Å². The number of ketones is 1. The van der Waals surface area contributed by atoms with Crippen LogP contribution in [0.3, 0.4) is 0 Å². The van der Waals surface area contributed by atoms with Crippen LogP contribution >= 0.6 is 11.3 Å². The summed E-state index contributed by atoms with van der Waals surface area (Å²) in [5.74, 6) is 1.77. The zero-order valence-corrected chi connectivity index (χ0v) is 35.2. The number of benzene rings is 5. The quantitative estimate of drug-likeness (QED) is 0.0799. The van der Waals surface area contributed by atoms with Crippen molar-refractivity contribution in [3.8, 4) is 28.2 Å². The standard InChI is InChI=1S/C41H37N2S.C7H12O2.Ir/c1-27(2)33-24-32(31-15-9-6-10-16-31)25-34(28(3)4)40(33)43-38-18-12-11-17-37(38)42-41(43)36-26-44-39-22-21-30(23-35(36)39)20-19-29-13-7-5-8-14-29;1-3-6(8)5-7(9)4-2;/h5-18,21-25,27-28H,19-20H2,1-4H3;5,8H,3-4H2,1-2H3;/q-1;;/b;6-5-;. The van der Waals surface area contributed by atoms with E-state index in [2.05, 4.69) is 153 Å². The van der Waals surface area contributed by atoms with Crippen molar-refractivity contribution in [1.82, 2.24) is 9.55 Å². The number of imidazole rings is 1. The van der Waals surface area contributed by atoms with Gasteiger partial charge >= 0.3 is 0 Å². The number of hydrogen-bond donors (Lipinski definition) is 1. The van der Waals surface area contributed by atoms with Gasteiger partial charge in [0.15, 0.2) is 5.78 Å².